The van der Waals surface area contributed by atoms with Crippen LogP contribution in [0.5, 0.6) is 5.75 Å². The number of aliphatic imine (C=N–C) groups is 1. The summed E-state index contributed by atoms with van der Waals surface area (Å²) in [5.74, 6) is -1.16. The van der Waals surface area contributed by atoms with E-state index in [2.05, 4.69) is 15.2 Å². The molecule has 0 spiro atoms. The van der Waals surface area contributed by atoms with E-state index in [-0.39, 0.29) is 33.6 Å². The van der Waals surface area contributed by atoms with Crippen molar-refractivity contribution in [3.05, 3.63) is 67.4 Å². The van der Waals surface area contributed by atoms with Crippen LogP contribution in [0, 0.1) is 11.3 Å². The van der Waals surface area contributed by atoms with Gasteiger partial charge < -0.3 is 14.7 Å². The summed E-state index contributed by atoms with van der Waals surface area (Å²) in [6, 6.07) is 6.59. The molecule has 30 heavy (non-hydrogen) atoms. The van der Waals surface area contributed by atoms with Crippen LogP contribution in [0.3, 0.4) is 0 Å². The molecule has 1 aliphatic heterocycles. The molecule has 1 aliphatic rings. The van der Waals surface area contributed by atoms with Crippen LogP contribution in [0.25, 0.3) is 0 Å². The Bertz CT molecular complexity index is 1140. The van der Waals surface area contributed by atoms with E-state index in [0.717, 1.165) is 17.3 Å². The van der Waals surface area contributed by atoms with E-state index in [0.29, 0.717) is 0 Å². The summed E-state index contributed by atoms with van der Waals surface area (Å²) in [4.78, 5) is 16.1. The smallest absolute Gasteiger partial charge is 0.436 e. The van der Waals surface area contributed by atoms with Gasteiger partial charge in [0, 0.05) is 10.6 Å². The molecule has 0 aliphatic carbocycles. The lowest BCUT2D eigenvalue weighted by Crippen LogP contribution is -2.42. The second kappa shape index (κ2) is 8.35. The Labute approximate surface area is 176 Å². The lowest BCUT2D eigenvalue weighted by atomic mass is 10.2. The van der Waals surface area contributed by atoms with E-state index in [1.165, 1.54) is 18.2 Å². The van der Waals surface area contributed by atoms with Crippen LogP contribution in [-0.4, -0.2) is 38.9 Å². The number of nitrogens with one attached hydrogen (secondary N) is 1. The maximum absolute atomic E-state index is 13.4. The molecule has 3 rings (SSSR count). The van der Waals surface area contributed by atoms with Crippen molar-refractivity contribution < 1.29 is 23.0 Å². The second-order valence-electron chi connectivity index (χ2n) is 5.94. The van der Waals surface area contributed by atoms with Crippen molar-refractivity contribution in [3.63, 3.8) is 0 Å². The summed E-state index contributed by atoms with van der Waals surface area (Å²) >= 11 is 11.6. The molecule has 0 saturated heterocycles. The van der Waals surface area contributed by atoms with Crippen molar-refractivity contribution in [3.8, 4) is 11.8 Å². The summed E-state index contributed by atoms with van der Waals surface area (Å²) < 4.78 is 45.5. The number of H-pyrrole nitrogens is 1. The van der Waals surface area contributed by atoms with Crippen LogP contribution < -0.4 is 10.3 Å². The molecule has 0 saturated carbocycles. The number of halogens is 5. The van der Waals surface area contributed by atoms with Gasteiger partial charge >= 0.3 is 6.18 Å². The zero-order valence-electron chi connectivity index (χ0n) is 14.6. The summed E-state index contributed by atoms with van der Waals surface area (Å²) in [7, 11) is 0. The third-order valence-corrected chi connectivity index (χ3v) is 4.23. The zero-order valence-corrected chi connectivity index (χ0v) is 16.1. The molecule has 0 fully saturated rings. The fourth-order valence-electron chi connectivity index (χ4n) is 2.52. The van der Waals surface area contributed by atoms with Crippen molar-refractivity contribution in [2.75, 3.05) is 0 Å². The lowest BCUT2D eigenvalue weighted by Gasteiger charge is -2.31. The van der Waals surface area contributed by atoms with E-state index >= 15 is 0 Å². The minimum Gasteiger partial charge on any atom is -0.455 e. The average Bonchev–Trinajstić information content (AvgIpc) is 2.66. The summed E-state index contributed by atoms with van der Waals surface area (Å²) in [6.07, 6.45) is -6.19. The van der Waals surface area contributed by atoms with Crippen LogP contribution in [-0.2, 0) is 6.54 Å². The van der Waals surface area contributed by atoms with E-state index in [1.807, 2.05) is 0 Å². The number of nitriles is 1. The van der Waals surface area contributed by atoms with Gasteiger partial charge in [0.15, 0.2) is 17.7 Å². The van der Waals surface area contributed by atoms with Gasteiger partial charge in [0.25, 0.3) is 5.56 Å². The van der Waals surface area contributed by atoms with Crippen LogP contribution >= 0.6 is 23.2 Å². The molecule has 0 radical (unpaired) electrons. The number of benzene rings is 1. The van der Waals surface area contributed by atoms with Gasteiger partial charge in [-0.1, -0.05) is 23.2 Å². The van der Waals surface area contributed by atoms with Crippen molar-refractivity contribution in [2.45, 2.75) is 18.9 Å². The predicted molar refractivity (Wildman–Crippen MR) is 99.8 cm³/mol. The largest absolute Gasteiger partial charge is 0.455 e. The van der Waals surface area contributed by atoms with Gasteiger partial charge in [-0.15, -0.1) is 0 Å². The Balaban J connectivity index is 1.98. The van der Waals surface area contributed by atoms with E-state index in [9.17, 15) is 23.1 Å². The van der Waals surface area contributed by atoms with Gasteiger partial charge in [-0.2, -0.15) is 23.5 Å². The van der Waals surface area contributed by atoms with Gasteiger partial charge in [-0.05, 0) is 24.3 Å². The molecule has 8 nitrogen and oxygen atoms in total. The van der Waals surface area contributed by atoms with Crippen LogP contribution in [0.1, 0.15) is 11.1 Å². The summed E-state index contributed by atoms with van der Waals surface area (Å²) in [5.41, 5.74) is -2.08. The molecule has 2 heterocycles. The fourth-order valence-corrected chi connectivity index (χ4v) is 2.92. The SMILES string of the molecule is N#Cc1cc(Cl)cc(OC2=C(C(F)(F)F)N=CN(Cc3cc(Cl)n[nH]c3=O)C2O)c1. The third-order valence-electron chi connectivity index (χ3n) is 3.82. The highest BCUT2D eigenvalue weighted by Gasteiger charge is 2.43. The van der Waals surface area contributed by atoms with Gasteiger partial charge in [0.1, 0.15) is 10.9 Å². The number of aliphatic hydroxyl groups excluding tert-OH is 1. The number of rotatable bonds is 4. The minimum atomic E-state index is -4.95. The van der Waals surface area contributed by atoms with Crippen molar-refractivity contribution >= 4 is 29.5 Å². The van der Waals surface area contributed by atoms with Crippen molar-refractivity contribution in [1.82, 2.24) is 15.1 Å². The van der Waals surface area contributed by atoms with Crippen molar-refractivity contribution in [1.29, 1.82) is 5.26 Å². The molecule has 1 unspecified atom stereocenters. The monoisotopic (exact) mass is 459 g/mol. The number of ether oxygens (including phenoxy) is 1. The Kier molecular flexibility index (Phi) is 6.02. The molecule has 13 heteroatoms. The van der Waals surface area contributed by atoms with Gasteiger partial charge in [-0.3, -0.25) is 4.79 Å². The molecule has 0 bridgehead atoms. The highest BCUT2D eigenvalue weighted by Crippen LogP contribution is 2.35. The number of aliphatic hydroxyl groups is 1. The Morgan fingerprint density at radius 3 is 2.70 bits per heavy atom. The normalized spacial score (nSPS) is 16.6. The number of alkyl halides is 3. The van der Waals surface area contributed by atoms with E-state index < -0.39 is 29.4 Å². The first-order valence-electron chi connectivity index (χ1n) is 8.00. The van der Waals surface area contributed by atoms with Crippen LogP contribution in [0.4, 0.5) is 13.2 Å². The maximum atomic E-state index is 13.4. The molecule has 1 aromatic heterocycles. The number of hydrogen-bond donors (Lipinski definition) is 2. The Morgan fingerprint density at radius 1 is 1.30 bits per heavy atom. The number of allylic oxidation sites excluding steroid dienone is 1. The molecular formula is C17H10Cl2F3N5O3. The van der Waals surface area contributed by atoms with Gasteiger partial charge in [0.2, 0.25) is 0 Å². The maximum Gasteiger partial charge on any atom is 0.436 e. The summed E-state index contributed by atoms with van der Waals surface area (Å²) in [5, 5.41) is 25.1. The molecule has 1 aromatic carbocycles. The lowest BCUT2D eigenvalue weighted by molar-refractivity contribution is -0.0997. The first-order chi connectivity index (χ1) is 14.1. The number of nitrogens with zero attached hydrogens (tertiary/aromatic N) is 4. The topological polar surface area (TPSA) is 115 Å². The molecule has 1 atom stereocenters. The molecule has 0 amide bonds. The first-order valence-corrected chi connectivity index (χ1v) is 8.76. The number of aromatic nitrogens is 2. The second-order valence-corrected chi connectivity index (χ2v) is 6.76. The van der Waals surface area contributed by atoms with Gasteiger partial charge in [-0.25, -0.2) is 10.1 Å². The standard InChI is InChI=1S/C17H10Cl2F3N5O3/c18-10-1-8(5-23)2-11(4-10)30-13-14(17(20,21)22)24-7-27(16(13)29)6-9-3-12(19)25-26-15(9)28/h1-4,7,16,29H,6H2,(H,26,28). The van der Waals surface area contributed by atoms with Crippen molar-refractivity contribution in [2.24, 2.45) is 4.99 Å². The molecule has 156 valence electrons. The third kappa shape index (κ3) is 4.73. The minimum absolute atomic E-state index is 0.0184. The van der Waals surface area contributed by atoms with E-state index in [1.54, 1.807) is 6.07 Å². The molecular weight excluding hydrogens is 450 g/mol. The molecule has 2 N–H and O–H groups in total. The highest BCUT2D eigenvalue weighted by molar-refractivity contribution is 6.30. The average molecular weight is 460 g/mol. The number of aromatic amines is 1. The van der Waals surface area contributed by atoms with E-state index in [4.69, 9.17) is 33.2 Å². The molecule has 2 aromatic rings. The predicted octanol–water partition coefficient (Wildman–Crippen LogP) is 2.96. The number of hydrogen-bond acceptors (Lipinski definition) is 7. The zero-order chi connectivity index (χ0) is 22.1. The highest BCUT2D eigenvalue weighted by atomic mass is 35.5. The summed E-state index contributed by atoms with van der Waals surface area (Å²) in [6.45, 7) is -0.348. The quantitative estimate of drug-likeness (QED) is 0.726. The van der Waals surface area contributed by atoms with Crippen LogP contribution in [0.2, 0.25) is 10.2 Å². The van der Waals surface area contributed by atoms with Gasteiger partial charge in [0.05, 0.1) is 24.5 Å². The Hall–Kier alpha value is -3.07. The van der Waals surface area contributed by atoms with Crippen LogP contribution in [0.15, 0.2) is 45.5 Å². The fraction of sp³-hybridized carbons (Fsp3) is 0.176. The first kappa shape index (κ1) is 21.6. The Morgan fingerprint density at radius 2 is 2.03 bits per heavy atom.